The number of sulfonamides is 1. The van der Waals surface area contributed by atoms with E-state index in [9.17, 15) is 13.2 Å². The number of pyridine rings is 1. The topological polar surface area (TPSA) is 91.6 Å². The number of anilines is 1. The Morgan fingerprint density at radius 3 is 2.31 bits per heavy atom. The summed E-state index contributed by atoms with van der Waals surface area (Å²) in [6.45, 7) is 5.39. The first kappa shape index (κ1) is 26.3. The van der Waals surface area contributed by atoms with Gasteiger partial charge in [-0.3, -0.25) is 4.79 Å². The molecule has 0 atom stereocenters. The minimum atomic E-state index is -3.72. The van der Waals surface area contributed by atoms with Gasteiger partial charge in [0.1, 0.15) is 5.69 Å². The molecule has 1 amide bonds. The van der Waals surface area contributed by atoms with Crippen LogP contribution >= 0.6 is 0 Å². The fourth-order valence-electron chi connectivity index (χ4n) is 6.20. The van der Waals surface area contributed by atoms with Crippen molar-refractivity contribution in [2.75, 3.05) is 50.9 Å². The number of carbonyl (C=O) groups excluding carboxylic acids is 1. The number of nitrogens with zero attached hydrogens (tertiary/aromatic N) is 6. The lowest BCUT2D eigenvalue weighted by molar-refractivity contribution is 0.0878. The second-order valence-corrected chi connectivity index (χ2v) is 13.5. The van der Waals surface area contributed by atoms with E-state index in [0.29, 0.717) is 17.5 Å². The Balaban J connectivity index is 1.44. The summed E-state index contributed by atoms with van der Waals surface area (Å²) in [5.74, 6) is 0.411. The van der Waals surface area contributed by atoms with Gasteiger partial charge < -0.3 is 9.80 Å². The van der Waals surface area contributed by atoms with Gasteiger partial charge in [-0.15, -0.1) is 0 Å². The summed E-state index contributed by atoms with van der Waals surface area (Å²) in [5.41, 5.74) is 3.61. The van der Waals surface area contributed by atoms with Crippen molar-refractivity contribution >= 4 is 32.7 Å². The monoisotopic (exact) mass is 550 g/mol. The zero-order chi connectivity index (χ0) is 27.1. The van der Waals surface area contributed by atoms with E-state index >= 15 is 0 Å². The molecule has 1 aliphatic carbocycles. The second-order valence-electron chi connectivity index (χ2n) is 11.5. The number of hydrogen-bond acceptors (Lipinski definition) is 7. The lowest BCUT2D eigenvalue weighted by atomic mass is 9.81. The number of amides is 1. The Morgan fingerprint density at radius 1 is 1.00 bits per heavy atom. The van der Waals surface area contributed by atoms with Crippen LogP contribution in [0.2, 0.25) is 0 Å². The quantitative estimate of drug-likeness (QED) is 0.439. The molecular weight excluding hydrogens is 512 g/mol. The third-order valence-electron chi connectivity index (χ3n) is 8.81. The number of carbonyl (C=O) groups is 1. The predicted molar refractivity (Wildman–Crippen MR) is 153 cm³/mol. The summed E-state index contributed by atoms with van der Waals surface area (Å²) >= 11 is 0. The molecular formula is C29H38N6O3S. The smallest absolute Gasteiger partial charge is 0.285 e. The Bertz CT molecular complexity index is 1450. The fourth-order valence-corrected chi connectivity index (χ4v) is 6.59. The van der Waals surface area contributed by atoms with E-state index in [0.717, 1.165) is 71.8 Å². The molecule has 2 aliphatic heterocycles. The number of rotatable bonds is 7. The van der Waals surface area contributed by atoms with Crippen LogP contribution < -0.4 is 4.90 Å². The van der Waals surface area contributed by atoms with E-state index in [4.69, 9.17) is 10.1 Å². The molecule has 0 unspecified atom stereocenters. The van der Waals surface area contributed by atoms with E-state index in [-0.39, 0.29) is 5.69 Å². The Morgan fingerprint density at radius 2 is 1.69 bits per heavy atom. The van der Waals surface area contributed by atoms with Crippen molar-refractivity contribution in [2.24, 2.45) is 5.92 Å². The van der Waals surface area contributed by atoms with Gasteiger partial charge in [-0.05, 0) is 75.7 Å². The maximum atomic E-state index is 13.4. The molecule has 39 heavy (non-hydrogen) atoms. The normalized spacial score (nSPS) is 19.5. The Hall–Kier alpha value is -2.98. The zero-order valence-corrected chi connectivity index (χ0v) is 23.7. The van der Waals surface area contributed by atoms with Gasteiger partial charge in [0.25, 0.3) is 5.91 Å². The van der Waals surface area contributed by atoms with Crippen molar-refractivity contribution in [3.8, 4) is 5.69 Å². The number of benzene rings is 1. The molecule has 10 heteroatoms. The first-order chi connectivity index (χ1) is 18.8. The fraction of sp³-hybridized carbons (Fsp3) is 0.552. The van der Waals surface area contributed by atoms with Crippen molar-refractivity contribution in [2.45, 2.75) is 50.9 Å². The number of para-hydroxylation sites is 1. The molecule has 1 saturated carbocycles. The minimum Gasteiger partial charge on any atom is -0.371 e. The van der Waals surface area contributed by atoms with Gasteiger partial charge in [0.05, 0.1) is 28.7 Å². The summed E-state index contributed by atoms with van der Waals surface area (Å²) in [6, 6.07) is 11.7. The summed E-state index contributed by atoms with van der Waals surface area (Å²) in [7, 11) is -2.43. The summed E-state index contributed by atoms with van der Waals surface area (Å²) in [6.07, 6.45) is 9.22. The average Bonchev–Trinajstić information content (AvgIpc) is 3.55. The molecule has 6 rings (SSSR count). The van der Waals surface area contributed by atoms with Gasteiger partial charge in [-0.25, -0.2) is 22.4 Å². The number of fused-ring (bicyclic) bond motifs is 1. The van der Waals surface area contributed by atoms with E-state index < -0.39 is 15.9 Å². The van der Waals surface area contributed by atoms with Crippen LogP contribution in [0.25, 0.3) is 16.7 Å². The van der Waals surface area contributed by atoms with Crippen LogP contribution in [0.15, 0.2) is 36.4 Å². The molecule has 0 spiro atoms. The van der Waals surface area contributed by atoms with E-state index in [1.807, 2.05) is 41.1 Å². The minimum absolute atomic E-state index is 0.127. The van der Waals surface area contributed by atoms with Crippen molar-refractivity contribution < 1.29 is 13.2 Å². The lowest BCUT2D eigenvalue weighted by Gasteiger charge is -2.36. The van der Waals surface area contributed by atoms with Crippen molar-refractivity contribution in [1.82, 2.24) is 24.0 Å². The predicted octanol–water partition coefficient (Wildman–Crippen LogP) is 4.03. The first-order valence-electron chi connectivity index (χ1n) is 14.2. The first-order valence-corrected chi connectivity index (χ1v) is 16.1. The third kappa shape index (κ3) is 5.16. The molecule has 3 fully saturated rings. The second kappa shape index (κ2) is 10.5. The van der Waals surface area contributed by atoms with Crippen LogP contribution in [0.1, 0.15) is 67.0 Å². The van der Waals surface area contributed by atoms with Gasteiger partial charge in [-0.1, -0.05) is 24.6 Å². The van der Waals surface area contributed by atoms with Crippen LogP contribution in [0.3, 0.4) is 0 Å². The highest BCUT2D eigenvalue weighted by molar-refractivity contribution is 7.88. The standard InChI is InChI=1S/C29H38N6O3S/c1-32(39(2,37)38)29(36)24-19-25(34-17-13-21(14-18-34)20-33-15-6-7-16-33)26-27(22-9-8-10-22)31-35(28(26)30-24)23-11-4-3-5-12-23/h3-5,11-12,19,21-22H,6-10,13-18,20H2,1-2H3. The number of piperidine rings is 1. The molecule has 3 aromatic rings. The molecule has 9 nitrogen and oxygen atoms in total. The summed E-state index contributed by atoms with van der Waals surface area (Å²) in [4.78, 5) is 23.2. The number of aromatic nitrogens is 3. The van der Waals surface area contributed by atoms with Crippen LogP contribution in [0, 0.1) is 5.92 Å². The largest absolute Gasteiger partial charge is 0.371 e. The molecule has 0 N–H and O–H groups in total. The molecule has 0 radical (unpaired) electrons. The van der Waals surface area contributed by atoms with E-state index in [1.54, 1.807) is 0 Å². The highest BCUT2D eigenvalue weighted by Crippen LogP contribution is 2.43. The van der Waals surface area contributed by atoms with Gasteiger partial charge in [-0.2, -0.15) is 5.10 Å². The molecule has 0 bridgehead atoms. The zero-order valence-electron chi connectivity index (χ0n) is 22.9. The third-order valence-corrected chi connectivity index (χ3v) is 9.97. The van der Waals surface area contributed by atoms with Crippen molar-refractivity contribution in [3.05, 3.63) is 47.8 Å². The molecule has 3 aliphatic rings. The van der Waals surface area contributed by atoms with Gasteiger partial charge in [0, 0.05) is 32.6 Å². The molecule has 2 saturated heterocycles. The average molecular weight is 551 g/mol. The highest BCUT2D eigenvalue weighted by Gasteiger charge is 2.33. The SMILES string of the molecule is CN(C(=O)c1cc(N2CCC(CN3CCCC3)CC2)c2c(C3CCC3)nn(-c3ccccc3)c2n1)S(C)(=O)=O. The van der Waals surface area contributed by atoms with Crippen LogP contribution in [-0.2, 0) is 10.0 Å². The maximum absolute atomic E-state index is 13.4. The molecule has 2 aromatic heterocycles. The van der Waals surface area contributed by atoms with Gasteiger partial charge >= 0.3 is 0 Å². The number of hydrogen-bond donors (Lipinski definition) is 0. The van der Waals surface area contributed by atoms with E-state index in [1.165, 1.54) is 45.9 Å². The molecule has 4 heterocycles. The van der Waals surface area contributed by atoms with Gasteiger partial charge in [0.2, 0.25) is 10.0 Å². The van der Waals surface area contributed by atoms with Crippen LogP contribution in [0.4, 0.5) is 5.69 Å². The van der Waals surface area contributed by atoms with Crippen LogP contribution in [-0.4, -0.2) is 84.3 Å². The highest BCUT2D eigenvalue weighted by atomic mass is 32.2. The summed E-state index contributed by atoms with van der Waals surface area (Å²) in [5, 5.41) is 6.09. The summed E-state index contributed by atoms with van der Waals surface area (Å²) < 4.78 is 27.1. The molecule has 1 aromatic carbocycles. The van der Waals surface area contributed by atoms with Gasteiger partial charge in [0.15, 0.2) is 5.65 Å². The number of likely N-dealkylation sites (tertiary alicyclic amines) is 1. The molecule has 208 valence electrons. The Labute approximate surface area is 230 Å². The van der Waals surface area contributed by atoms with Crippen molar-refractivity contribution in [1.29, 1.82) is 0 Å². The van der Waals surface area contributed by atoms with E-state index in [2.05, 4.69) is 9.80 Å². The van der Waals surface area contributed by atoms with Crippen molar-refractivity contribution in [3.63, 3.8) is 0 Å². The van der Waals surface area contributed by atoms with Crippen LogP contribution in [0.5, 0.6) is 0 Å². The Kier molecular flexibility index (Phi) is 7.09. The maximum Gasteiger partial charge on any atom is 0.285 e. The lowest BCUT2D eigenvalue weighted by Crippen LogP contribution is -2.38.